The number of nitro benzene ring substituents is 1. The molecule has 0 aliphatic heterocycles. The minimum Gasteiger partial charge on any atom is -0.383 e. The van der Waals surface area contributed by atoms with Crippen LogP contribution in [0.1, 0.15) is 30.6 Å². The summed E-state index contributed by atoms with van der Waals surface area (Å²) in [5.74, 6) is -0.636. The van der Waals surface area contributed by atoms with E-state index >= 15 is 0 Å². The van der Waals surface area contributed by atoms with Gasteiger partial charge < -0.3 is 20.7 Å². The summed E-state index contributed by atoms with van der Waals surface area (Å²) in [5, 5.41) is 19.4. The third kappa shape index (κ3) is 7.17. The van der Waals surface area contributed by atoms with Crippen molar-refractivity contribution >= 4 is 23.2 Å². The third-order valence-corrected chi connectivity index (χ3v) is 3.17. The Morgan fingerprint density at radius 2 is 2.00 bits per heavy atom. The van der Waals surface area contributed by atoms with E-state index < -0.39 is 10.8 Å². The average Bonchev–Trinajstić information content (AvgIpc) is 2.54. The van der Waals surface area contributed by atoms with Gasteiger partial charge in [0.25, 0.3) is 11.6 Å². The maximum Gasteiger partial charge on any atom is 0.293 e. The molecule has 1 rings (SSSR count). The molecule has 0 saturated carbocycles. The van der Waals surface area contributed by atoms with E-state index in [1.165, 1.54) is 25.3 Å². The highest BCUT2D eigenvalue weighted by Gasteiger charge is 2.17. The molecule has 9 nitrogen and oxygen atoms in total. The number of carbonyl (C=O) groups is 2. The molecule has 0 unspecified atom stereocenters. The lowest BCUT2D eigenvalue weighted by atomic mass is 10.1. The van der Waals surface area contributed by atoms with Gasteiger partial charge in [0, 0.05) is 44.3 Å². The van der Waals surface area contributed by atoms with Crippen molar-refractivity contribution in [3.05, 3.63) is 33.9 Å². The molecule has 0 heterocycles. The average molecular weight is 352 g/mol. The molecule has 0 aliphatic carbocycles. The summed E-state index contributed by atoms with van der Waals surface area (Å²) in [7, 11) is 1.53. The number of hydrogen-bond acceptors (Lipinski definition) is 6. The fourth-order valence-corrected chi connectivity index (χ4v) is 2.05. The normalized spacial score (nSPS) is 10.4. The van der Waals surface area contributed by atoms with E-state index in [1.54, 1.807) is 0 Å². The zero-order chi connectivity index (χ0) is 18.8. The zero-order valence-electron chi connectivity index (χ0n) is 14.6. The Morgan fingerprint density at radius 1 is 1.28 bits per heavy atom. The van der Waals surface area contributed by atoms with E-state index in [4.69, 9.17) is 4.74 Å². The molecule has 25 heavy (non-hydrogen) atoms. The first kappa shape index (κ1) is 20.4. The number of methoxy groups -OCH3 is 1. The highest BCUT2D eigenvalue weighted by Crippen LogP contribution is 2.25. The summed E-state index contributed by atoms with van der Waals surface area (Å²) in [4.78, 5) is 34.2. The minimum absolute atomic E-state index is 0.0315. The Labute approximate surface area is 146 Å². The fraction of sp³-hybridized carbons (Fsp3) is 0.500. The minimum atomic E-state index is -0.554. The molecular formula is C16H24N4O5. The highest BCUT2D eigenvalue weighted by atomic mass is 16.6. The van der Waals surface area contributed by atoms with E-state index in [0.29, 0.717) is 18.8 Å². The van der Waals surface area contributed by atoms with Gasteiger partial charge in [-0.1, -0.05) is 0 Å². The number of amides is 2. The molecule has 3 N–H and O–H groups in total. The second-order valence-corrected chi connectivity index (χ2v) is 5.64. The Balaban J connectivity index is 2.68. The topological polar surface area (TPSA) is 123 Å². The Hall–Kier alpha value is -2.68. The number of nitrogens with one attached hydrogen (secondary N) is 3. The van der Waals surface area contributed by atoms with Crippen molar-refractivity contribution in [3.63, 3.8) is 0 Å². The smallest absolute Gasteiger partial charge is 0.293 e. The lowest BCUT2D eigenvalue weighted by molar-refractivity contribution is -0.384. The van der Waals surface area contributed by atoms with Gasteiger partial charge in [-0.15, -0.1) is 0 Å². The Bertz CT molecular complexity index is 619. The van der Waals surface area contributed by atoms with Gasteiger partial charge in [0.1, 0.15) is 5.69 Å². The van der Waals surface area contributed by atoms with E-state index in [0.717, 1.165) is 0 Å². The number of benzene rings is 1. The van der Waals surface area contributed by atoms with Crippen molar-refractivity contribution in [2.45, 2.75) is 26.3 Å². The molecule has 0 radical (unpaired) electrons. The van der Waals surface area contributed by atoms with Crippen molar-refractivity contribution in [2.24, 2.45) is 0 Å². The summed E-state index contributed by atoms with van der Waals surface area (Å²) >= 11 is 0. The molecule has 0 saturated heterocycles. The third-order valence-electron chi connectivity index (χ3n) is 3.17. The second-order valence-electron chi connectivity index (χ2n) is 5.64. The summed E-state index contributed by atoms with van der Waals surface area (Å²) in [6.07, 6.45) is 0.142. The molecule has 138 valence electrons. The van der Waals surface area contributed by atoms with E-state index in [2.05, 4.69) is 16.0 Å². The molecule has 0 spiro atoms. The van der Waals surface area contributed by atoms with E-state index in [-0.39, 0.29) is 36.2 Å². The maximum atomic E-state index is 12.1. The first-order valence-corrected chi connectivity index (χ1v) is 7.94. The van der Waals surface area contributed by atoms with Gasteiger partial charge in [-0.3, -0.25) is 19.7 Å². The van der Waals surface area contributed by atoms with Gasteiger partial charge in [0.05, 0.1) is 11.5 Å². The fourth-order valence-electron chi connectivity index (χ4n) is 2.05. The molecule has 0 aliphatic rings. The predicted octanol–water partition coefficient (Wildman–Crippen LogP) is 1.30. The molecule has 0 fully saturated rings. The van der Waals surface area contributed by atoms with Crippen molar-refractivity contribution < 1.29 is 19.2 Å². The predicted molar refractivity (Wildman–Crippen MR) is 93.7 cm³/mol. The largest absolute Gasteiger partial charge is 0.383 e. The number of rotatable bonds is 10. The summed E-state index contributed by atoms with van der Waals surface area (Å²) < 4.78 is 4.88. The van der Waals surface area contributed by atoms with Gasteiger partial charge >= 0.3 is 0 Å². The summed E-state index contributed by atoms with van der Waals surface area (Å²) in [5.41, 5.74) is 0.282. The summed E-state index contributed by atoms with van der Waals surface area (Å²) in [6, 6.07) is 4.21. The van der Waals surface area contributed by atoms with E-state index in [9.17, 15) is 19.7 Å². The number of ether oxygens (including phenoxy) is 1. The van der Waals surface area contributed by atoms with Crippen LogP contribution in [0, 0.1) is 10.1 Å². The van der Waals surface area contributed by atoms with E-state index in [1.807, 2.05) is 13.8 Å². The van der Waals surface area contributed by atoms with Gasteiger partial charge in [-0.05, 0) is 26.0 Å². The van der Waals surface area contributed by atoms with Crippen LogP contribution in [0.5, 0.6) is 0 Å². The quantitative estimate of drug-likeness (QED) is 0.331. The van der Waals surface area contributed by atoms with Crippen LogP contribution in [0.25, 0.3) is 0 Å². The SMILES string of the molecule is COCCNc1ccc(C(=O)NCCC(=O)NC(C)C)cc1[N+](=O)[O-]. The standard InChI is InChI=1S/C16H24N4O5/c1-11(2)19-15(21)6-7-18-16(22)12-4-5-13(17-8-9-25-3)14(10-12)20(23)24/h4-5,10-11,17H,6-9H2,1-3H3,(H,18,22)(H,19,21). The molecular weight excluding hydrogens is 328 g/mol. The van der Waals surface area contributed by atoms with Crippen LogP contribution in [0.2, 0.25) is 0 Å². The lowest BCUT2D eigenvalue weighted by Crippen LogP contribution is -2.34. The Kier molecular flexibility index (Phi) is 8.34. The van der Waals surface area contributed by atoms with Gasteiger partial charge in [0.15, 0.2) is 0 Å². The van der Waals surface area contributed by atoms with Crippen molar-refractivity contribution in [1.82, 2.24) is 10.6 Å². The number of hydrogen-bond donors (Lipinski definition) is 3. The Morgan fingerprint density at radius 3 is 2.60 bits per heavy atom. The van der Waals surface area contributed by atoms with Crippen LogP contribution in [0.3, 0.4) is 0 Å². The molecule has 0 aromatic heterocycles. The molecule has 1 aromatic rings. The number of nitro groups is 1. The highest BCUT2D eigenvalue weighted by molar-refractivity contribution is 5.96. The lowest BCUT2D eigenvalue weighted by Gasteiger charge is -2.10. The van der Waals surface area contributed by atoms with Gasteiger partial charge in [0.2, 0.25) is 5.91 Å². The van der Waals surface area contributed by atoms with Crippen LogP contribution in [0.4, 0.5) is 11.4 Å². The number of nitrogens with zero attached hydrogens (tertiary/aromatic N) is 1. The molecule has 0 atom stereocenters. The molecule has 1 aromatic carbocycles. The van der Waals surface area contributed by atoms with Crippen LogP contribution >= 0.6 is 0 Å². The monoisotopic (exact) mass is 352 g/mol. The van der Waals surface area contributed by atoms with Crippen LogP contribution < -0.4 is 16.0 Å². The van der Waals surface area contributed by atoms with Gasteiger partial charge in [-0.25, -0.2) is 0 Å². The first-order valence-electron chi connectivity index (χ1n) is 7.94. The summed E-state index contributed by atoms with van der Waals surface area (Å²) in [6.45, 7) is 4.65. The first-order chi connectivity index (χ1) is 11.8. The van der Waals surface area contributed by atoms with Crippen molar-refractivity contribution in [2.75, 3.05) is 32.1 Å². The van der Waals surface area contributed by atoms with Crippen molar-refractivity contribution in [1.29, 1.82) is 0 Å². The number of anilines is 1. The van der Waals surface area contributed by atoms with Crippen LogP contribution in [-0.2, 0) is 9.53 Å². The molecule has 0 bridgehead atoms. The molecule has 2 amide bonds. The van der Waals surface area contributed by atoms with Gasteiger partial charge in [-0.2, -0.15) is 0 Å². The van der Waals surface area contributed by atoms with Crippen LogP contribution in [0.15, 0.2) is 18.2 Å². The van der Waals surface area contributed by atoms with Crippen molar-refractivity contribution in [3.8, 4) is 0 Å². The molecule has 9 heteroatoms. The second kappa shape index (κ2) is 10.2. The number of carbonyl (C=O) groups excluding carboxylic acids is 2. The zero-order valence-corrected chi connectivity index (χ0v) is 14.6. The maximum absolute atomic E-state index is 12.1. The van der Waals surface area contributed by atoms with Crippen LogP contribution in [-0.4, -0.2) is 49.6 Å².